The van der Waals surface area contributed by atoms with Gasteiger partial charge in [-0.3, -0.25) is 14.4 Å². The lowest BCUT2D eigenvalue weighted by Gasteiger charge is -2.26. The van der Waals surface area contributed by atoms with Gasteiger partial charge in [0.2, 0.25) is 17.7 Å². The zero-order valence-electron chi connectivity index (χ0n) is 21.3. The van der Waals surface area contributed by atoms with Crippen LogP contribution < -0.4 is 21.7 Å². The highest BCUT2D eigenvalue weighted by Crippen LogP contribution is 2.08. The number of carboxylic acid groups (broad SMARTS) is 1. The van der Waals surface area contributed by atoms with Crippen molar-refractivity contribution in [2.24, 2.45) is 11.7 Å². The van der Waals surface area contributed by atoms with Crippen molar-refractivity contribution in [3.05, 3.63) is 54.1 Å². The van der Waals surface area contributed by atoms with E-state index in [1.807, 2.05) is 36.6 Å². The Morgan fingerprint density at radius 1 is 1.00 bits per heavy atom. The van der Waals surface area contributed by atoms with E-state index in [-0.39, 0.29) is 18.8 Å². The Morgan fingerprint density at radius 2 is 1.62 bits per heavy atom. The number of nitrogens with two attached hydrogens (primary N) is 1. The molecule has 0 aliphatic rings. The lowest BCUT2D eigenvalue weighted by atomic mass is 10.0. The molecule has 2 rings (SSSR count). The lowest BCUT2D eigenvalue weighted by Crippen LogP contribution is -2.58. The molecular weight excluding hydrogens is 496 g/mol. The number of nitrogens with one attached hydrogen (secondary N) is 4. The third-order valence-electron chi connectivity index (χ3n) is 5.73. The van der Waals surface area contributed by atoms with Crippen molar-refractivity contribution >= 4 is 35.5 Å². The summed E-state index contributed by atoms with van der Waals surface area (Å²) in [6.45, 7) is 3.35. The molecule has 0 saturated carbocycles. The number of thioether (sulfide) groups is 1. The maximum atomic E-state index is 13.4. The van der Waals surface area contributed by atoms with E-state index >= 15 is 0 Å². The number of aromatic nitrogens is 2. The lowest BCUT2D eigenvalue weighted by molar-refractivity contribution is -0.143. The number of carbonyl (C=O) groups excluding carboxylic acids is 3. The second kappa shape index (κ2) is 15.0. The van der Waals surface area contributed by atoms with E-state index in [0.717, 1.165) is 5.56 Å². The molecule has 3 amide bonds. The van der Waals surface area contributed by atoms with Gasteiger partial charge in [-0.25, -0.2) is 9.78 Å². The van der Waals surface area contributed by atoms with Gasteiger partial charge >= 0.3 is 5.97 Å². The topological polar surface area (TPSA) is 179 Å². The quantitative estimate of drug-likeness (QED) is 0.191. The van der Waals surface area contributed by atoms with Crippen LogP contribution in [-0.4, -0.2) is 74.9 Å². The fourth-order valence-electron chi connectivity index (χ4n) is 3.58. The molecule has 4 unspecified atom stereocenters. The van der Waals surface area contributed by atoms with Crippen LogP contribution in [0.5, 0.6) is 0 Å². The van der Waals surface area contributed by atoms with E-state index < -0.39 is 47.9 Å². The molecule has 1 heterocycles. The molecule has 11 nitrogen and oxygen atoms in total. The maximum Gasteiger partial charge on any atom is 0.326 e. The minimum atomic E-state index is -1.18. The summed E-state index contributed by atoms with van der Waals surface area (Å²) in [6, 6.07) is 5.10. The molecule has 0 spiro atoms. The smallest absolute Gasteiger partial charge is 0.326 e. The molecule has 0 fully saturated rings. The molecular formula is C25H36N6O5S. The second-order valence-electron chi connectivity index (χ2n) is 9.05. The summed E-state index contributed by atoms with van der Waals surface area (Å²) >= 11 is 1.56. The monoisotopic (exact) mass is 532 g/mol. The van der Waals surface area contributed by atoms with Gasteiger partial charge in [-0.05, 0) is 29.9 Å². The van der Waals surface area contributed by atoms with Crippen LogP contribution >= 0.6 is 11.8 Å². The van der Waals surface area contributed by atoms with E-state index in [2.05, 4.69) is 25.9 Å². The van der Waals surface area contributed by atoms with Crippen molar-refractivity contribution in [2.45, 2.75) is 57.3 Å². The number of nitrogens with zero attached hydrogens (tertiary/aromatic N) is 1. The molecule has 1 aromatic carbocycles. The Kier molecular flexibility index (Phi) is 12.1. The summed E-state index contributed by atoms with van der Waals surface area (Å²) in [6.07, 6.45) is 5.53. The van der Waals surface area contributed by atoms with E-state index in [0.29, 0.717) is 17.9 Å². The van der Waals surface area contributed by atoms with Gasteiger partial charge in [-0.2, -0.15) is 11.8 Å². The molecule has 7 N–H and O–H groups in total. The molecule has 4 atom stereocenters. The van der Waals surface area contributed by atoms with Crippen molar-refractivity contribution in [1.82, 2.24) is 25.9 Å². The summed E-state index contributed by atoms with van der Waals surface area (Å²) in [5, 5.41) is 17.4. The number of benzene rings is 1. The average Bonchev–Trinajstić information content (AvgIpc) is 3.38. The molecule has 0 radical (unpaired) electrons. The first kappa shape index (κ1) is 29.8. The Balaban J connectivity index is 2.25. The third-order valence-corrected chi connectivity index (χ3v) is 6.37. The number of hydrogen-bond donors (Lipinski definition) is 6. The standard InChI is InChI=1S/C25H36N6O5S/c1-15(2)21(25(35)36)31-24(34)20(12-17-13-27-14-28-17)30-23(33)19(11-16-7-5-4-6-8-16)29-22(32)18(26)9-10-37-3/h4-8,13-15,18-21H,9-12,26H2,1-3H3,(H,27,28)(H,29,32)(H,30,33)(H,31,34)(H,35,36). The highest BCUT2D eigenvalue weighted by Gasteiger charge is 2.31. The molecule has 0 aliphatic heterocycles. The van der Waals surface area contributed by atoms with Crippen LogP contribution in [0.15, 0.2) is 42.9 Å². The van der Waals surface area contributed by atoms with Gasteiger partial charge in [0.25, 0.3) is 0 Å². The van der Waals surface area contributed by atoms with Gasteiger partial charge in [-0.1, -0.05) is 44.2 Å². The fraction of sp³-hybridized carbons (Fsp3) is 0.480. The van der Waals surface area contributed by atoms with Crippen LogP contribution in [0.3, 0.4) is 0 Å². The zero-order chi connectivity index (χ0) is 27.4. The number of hydrogen-bond acceptors (Lipinski definition) is 7. The van der Waals surface area contributed by atoms with Crippen LogP contribution in [0.4, 0.5) is 0 Å². The SMILES string of the molecule is CSCCC(N)C(=O)NC(Cc1ccccc1)C(=O)NC(Cc1cnc[nH]1)C(=O)NC(C(=O)O)C(C)C. The molecule has 2 aromatic rings. The first-order valence-electron chi connectivity index (χ1n) is 12.0. The number of H-pyrrole nitrogens is 1. The van der Waals surface area contributed by atoms with Gasteiger partial charge in [0, 0.05) is 24.7 Å². The van der Waals surface area contributed by atoms with Crippen LogP contribution in [0, 0.1) is 5.92 Å². The Morgan fingerprint density at radius 3 is 2.19 bits per heavy atom. The summed E-state index contributed by atoms with van der Waals surface area (Å²) in [5.74, 6) is -2.58. The van der Waals surface area contributed by atoms with E-state index in [4.69, 9.17) is 5.73 Å². The number of carbonyl (C=O) groups is 4. The van der Waals surface area contributed by atoms with E-state index in [1.165, 1.54) is 12.5 Å². The van der Waals surface area contributed by atoms with Gasteiger partial charge in [0.1, 0.15) is 18.1 Å². The maximum absolute atomic E-state index is 13.4. The van der Waals surface area contributed by atoms with Gasteiger partial charge in [-0.15, -0.1) is 0 Å². The number of imidazole rings is 1. The Hall–Kier alpha value is -3.38. The van der Waals surface area contributed by atoms with E-state index in [1.54, 1.807) is 25.6 Å². The third kappa shape index (κ3) is 9.89. The van der Waals surface area contributed by atoms with Crippen LogP contribution in [0.2, 0.25) is 0 Å². The van der Waals surface area contributed by atoms with Crippen LogP contribution in [0.25, 0.3) is 0 Å². The van der Waals surface area contributed by atoms with Crippen molar-refractivity contribution in [1.29, 1.82) is 0 Å². The number of rotatable bonds is 15. The summed E-state index contributed by atoms with van der Waals surface area (Å²) in [5.41, 5.74) is 7.38. The summed E-state index contributed by atoms with van der Waals surface area (Å²) in [4.78, 5) is 57.7. The van der Waals surface area contributed by atoms with Crippen molar-refractivity contribution in [3.8, 4) is 0 Å². The molecule has 0 saturated heterocycles. The normalized spacial score (nSPS) is 14.3. The number of aromatic amines is 1. The predicted octanol–water partition coefficient (Wildman–Crippen LogP) is 0.470. The first-order chi connectivity index (χ1) is 17.6. The second-order valence-corrected chi connectivity index (χ2v) is 10.0. The van der Waals surface area contributed by atoms with Crippen molar-refractivity contribution in [2.75, 3.05) is 12.0 Å². The Bertz CT molecular complexity index is 1020. The summed E-state index contributed by atoms with van der Waals surface area (Å²) < 4.78 is 0. The highest BCUT2D eigenvalue weighted by atomic mass is 32.2. The van der Waals surface area contributed by atoms with Gasteiger partial charge in [0.15, 0.2) is 0 Å². The number of aliphatic carboxylic acids is 1. The molecule has 1 aromatic heterocycles. The van der Waals surface area contributed by atoms with Crippen molar-refractivity contribution < 1.29 is 24.3 Å². The molecule has 37 heavy (non-hydrogen) atoms. The summed E-state index contributed by atoms with van der Waals surface area (Å²) in [7, 11) is 0. The largest absolute Gasteiger partial charge is 0.480 e. The average molecular weight is 533 g/mol. The Labute approximate surface area is 220 Å². The van der Waals surface area contributed by atoms with Crippen molar-refractivity contribution in [3.63, 3.8) is 0 Å². The van der Waals surface area contributed by atoms with Gasteiger partial charge in [0.05, 0.1) is 12.4 Å². The fourth-order valence-corrected chi connectivity index (χ4v) is 4.07. The highest BCUT2D eigenvalue weighted by molar-refractivity contribution is 7.98. The van der Waals surface area contributed by atoms with E-state index in [9.17, 15) is 24.3 Å². The minimum absolute atomic E-state index is 0.0429. The predicted molar refractivity (Wildman–Crippen MR) is 142 cm³/mol. The molecule has 202 valence electrons. The zero-order valence-corrected chi connectivity index (χ0v) is 22.1. The van der Waals surface area contributed by atoms with Crippen LogP contribution in [0.1, 0.15) is 31.5 Å². The number of amides is 3. The van der Waals surface area contributed by atoms with Crippen LogP contribution in [-0.2, 0) is 32.0 Å². The molecule has 0 aliphatic carbocycles. The first-order valence-corrected chi connectivity index (χ1v) is 13.4. The molecule has 12 heteroatoms. The number of carboxylic acids is 1. The van der Waals surface area contributed by atoms with Gasteiger partial charge < -0.3 is 31.8 Å². The minimum Gasteiger partial charge on any atom is -0.480 e. The molecule has 0 bridgehead atoms.